The number of hydrogen-bond donors (Lipinski definition) is 0. The number of unbranched alkanes of at least 4 members (excludes halogenated alkanes) is 45. The van der Waals surface area contributed by atoms with Gasteiger partial charge in [0.25, 0.3) is 23.5 Å². The largest absolute Gasteiger partial charge is 0.756 e. The van der Waals surface area contributed by atoms with E-state index in [1.807, 2.05) is 63.4 Å². The maximum atomic E-state index is 11.8. The Kier molecular flexibility index (Phi) is 68.7. The van der Waals surface area contributed by atoms with Gasteiger partial charge in [-0.25, -0.2) is 0 Å². The zero-order valence-electron chi connectivity index (χ0n) is 86.2. The Morgan fingerprint density at radius 2 is 0.466 bits per heavy atom. The van der Waals surface area contributed by atoms with Gasteiger partial charge in [0.1, 0.15) is 39.5 Å². The summed E-state index contributed by atoms with van der Waals surface area (Å²) in [4.78, 5) is 35.2. The lowest BCUT2D eigenvalue weighted by molar-refractivity contribution is -0.870. The fraction of sp³-hybridized carbons (Fsp3) is 0.825. The van der Waals surface area contributed by atoms with Gasteiger partial charge in [0.15, 0.2) is 0 Å². The highest BCUT2D eigenvalue weighted by molar-refractivity contribution is 14.1. The Labute approximate surface area is 817 Å². The molecule has 3 aliphatic rings. The number of phosphoric acid groups is 3. The molecule has 3 aliphatic heterocycles. The van der Waals surface area contributed by atoms with E-state index in [0.717, 1.165) is 82.9 Å². The highest BCUT2D eigenvalue weighted by Crippen LogP contribution is 2.41. The van der Waals surface area contributed by atoms with Crippen molar-refractivity contribution in [2.24, 2.45) is 16.2 Å². The van der Waals surface area contributed by atoms with Gasteiger partial charge in [0.2, 0.25) is 0 Å². The van der Waals surface area contributed by atoms with E-state index in [2.05, 4.69) is 144 Å². The van der Waals surface area contributed by atoms with Crippen LogP contribution >= 0.6 is 46.1 Å². The van der Waals surface area contributed by atoms with Crippen LogP contribution in [0.15, 0.2) is 72.8 Å². The summed E-state index contributed by atoms with van der Waals surface area (Å²) >= 11 is 2.37. The van der Waals surface area contributed by atoms with Crippen LogP contribution in [-0.4, -0.2) is 197 Å². The summed E-state index contributed by atoms with van der Waals surface area (Å²) in [6, 6.07) is 26.7. The third kappa shape index (κ3) is 75.1. The molecule has 0 radical (unpaired) electrons. The van der Waals surface area contributed by atoms with Crippen molar-refractivity contribution in [1.82, 2.24) is 0 Å². The molecule has 28 heteroatoms. The van der Waals surface area contributed by atoms with Crippen LogP contribution < -0.4 is 20.1 Å². The summed E-state index contributed by atoms with van der Waals surface area (Å²) in [5, 5.41) is 0. The van der Waals surface area contributed by atoms with Gasteiger partial charge in [-0.15, -0.1) is 0 Å². The summed E-state index contributed by atoms with van der Waals surface area (Å²) < 4.78 is 102. The van der Waals surface area contributed by atoms with Crippen LogP contribution in [0, 0.1) is 26.7 Å². The Hall–Kier alpha value is -1.45. The number of benzene rings is 3. The molecule has 0 saturated carbocycles. The first-order chi connectivity index (χ1) is 62.2. The molecule has 3 aromatic carbocycles. The van der Waals surface area contributed by atoms with Crippen molar-refractivity contribution in [3.05, 3.63) is 98.6 Å². The van der Waals surface area contributed by atoms with Gasteiger partial charge < -0.3 is 83.2 Å². The fourth-order valence-corrected chi connectivity index (χ4v) is 18.1. The van der Waals surface area contributed by atoms with E-state index >= 15 is 0 Å². The van der Waals surface area contributed by atoms with Crippen LogP contribution in [0.5, 0.6) is 0 Å². The predicted molar refractivity (Wildman–Crippen MR) is 551 cm³/mol. The molecule has 3 fully saturated rings. The lowest BCUT2D eigenvalue weighted by Crippen LogP contribution is -2.56. The highest BCUT2D eigenvalue weighted by atomic mass is 127. The second-order valence-corrected chi connectivity index (χ2v) is 48.9. The van der Waals surface area contributed by atoms with Gasteiger partial charge in [-0.3, -0.25) is 13.7 Å². The number of halogens is 1. The van der Waals surface area contributed by atoms with E-state index in [1.54, 1.807) is 0 Å². The number of phosphoric ester groups is 3. The van der Waals surface area contributed by atoms with Crippen LogP contribution in [0.4, 0.5) is 0 Å². The molecule has 0 spiro atoms. The van der Waals surface area contributed by atoms with E-state index in [0.29, 0.717) is 59.5 Å². The fourth-order valence-electron chi connectivity index (χ4n) is 15.5. The first-order valence-electron chi connectivity index (χ1n) is 52.0. The van der Waals surface area contributed by atoms with Crippen LogP contribution in [0.3, 0.4) is 0 Å². The lowest BCUT2D eigenvalue weighted by Gasteiger charge is -2.38. The average Bonchev–Trinajstić information content (AvgIpc) is 0.829. The number of likely N-dealkylation sites (N-methyl/N-ethyl adjacent to an activating group) is 3. The smallest absolute Gasteiger partial charge is 0.493 e. The molecule has 3 unspecified atom stereocenters. The Bertz CT molecular complexity index is 3200. The maximum Gasteiger partial charge on any atom is 0.493 e. The van der Waals surface area contributed by atoms with Crippen molar-refractivity contribution in [2.45, 2.75) is 376 Å². The molecule has 0 amide bonds. The Balaban J connectivity index is 0.000000467. The Morgan fingerprint density at radius 1 is 0.282 bits per heavy atom. The minimum atomic E-state index is -4.15. The Morgan fingerprint density at radius 3 is 0.687 bits per heavy atom. The first kappa shape index (κ1) is 124. The van der Waals surface area contributed by atoms with E-state index in [-0.39, 0.29) is 77.0 Å². The third-order valence-corrected chi connectivity index (χ3v) is 27.9. The highest BCUT2D eigenvalue weighted by Gasteiger charge is 2.48. The molecule has 758 valence electrons. The van der Waals surface area contributed by atoms with E-state index in [1.165, 1.54) is 289 Å². The molecular formula is C103H192B3IN3O18P3. The van der Waals surface area contributed by atoms with E-state index < -0.39 is 23.5 Å². The van der Waals surface area contributed by atoms with Crippen molar-refractivity contribution in [3.8, 4) is 0 Å². The molecule has 131 heavy (non-hydrogen) atoms. The molecule has 3 aromatic rings. The minimum absolute atomic E-state index is 0.0877. The third-order valence-electron chi connectivity index (χ3n) is 24.2. The topological polar surface area (TPSA) is 231 Å². The zero-order valence-corrected chi connectivity index (χ0v) is 91.1. The molecule has 3 saturated heterocycles. The second-order valence-electron chi connectivity index (χ2n) is 43.4. The average molecular weight is 2010 g/mol. The van der Waals surface area contributed by atoms with Crippen molar-refractivity contribution in [1.29, 1.82) is 0 Å². The molecular weight excluding hydrogens is 1820 g/mol. The number of nitrogens with zero attached hydrogens (tertiary/aromatic N) is 3. The predicted octanol–water partition coefficient (Wildman–Crippen LogP) is 24.9. The van der Waals surface area contributed by atoms with Gasteiger partial charge in [-0.05, 0) is 122 Å². The van der Waals surface area contributed by atoms with Crippen molar-refractivity contribution in [2.75, 3.05) is 162 Å². The number of rotatable bonds is 74. The van der Waals surface area contributed by atoms with E-state index in [4.69, 9.17) is 55.1 Å². The van der Waals surface area contributed by atoms with Gasteiger partial charge in [0.05, 0.1) is 83.2 Å². The summed E-state index contributed by atoms with van der Waals surface area (Å²) in [7, 11) is 4.59. The summed E-state index contributed by atoms with van der Waals surface area (Å²) in [5.41, 5.74) is 7.13. The van der Waals surface area contributed by atoms with Gasteiger partial charge in [-0.1, -0.05) is 377 Å². The van der Waals surface area contributed by atoms with Crippen molar-refractivity contribution < 1.29 is 96.9 Å². The summed E-state index contributed by atoms with van der Waals surface area (Å²) in [6.07, 6.45) is 65.0. The van der Waals surface area contributed by atoms with Gasteiger partial charge >= 0.3 is 21.1 Å². The monoisotopic (exact) mass is 2010 g/mol. The second kappa shape index (κ2) is 72.8. The SMILES string of the molecule is CC1(C)COB(B2OCC(C)(C)CO2)OC1.CC1(C)COB(c2ccc(CCCCCCCCCCCCCCCCCCOP(=O)([O-])OCC[N+](C)(C)C)cc2)OC1.C[N+](C)(C)CCOP(=O)([O-])OCCCCCCCCCCCCCCCCCCc1ccc(I)cc1.Cc1ccc(CCCCCCCCCCCCCCCCCCOP(=O)([O-])OCC[N+](C)(C)C)cc1. The van der Waals surface area contributed by atoms with Crippen molar-refractivity contribution in [3.63, 3.8) is 0 Å². The maximum absolute atomic E-state index is 11.8. The number of quaternary nitrogens is 3. The normalized spacial score (nSPS) is 16.6. The van der Waals surface area contributed by atoms with Crippen LogP contribution in [0.25, 0.3) is 0 Å². The number of aryl methyl sites for hydroxylation is 4. The molecule has 21 nitrogen and oxygen atoms in total. The van der Waals surface area contributed by atoms with Crippen LogP contribution in [0.1, 0.15) is 372 Å². The lowest BCUT2D eigenvalue weighted by atomic mass is 9.47. The molecule has 3 heterocycles. The molecule has 0 N–H and O–H groups in total. The van der Waals surface area contributed by atoms with E-state index in [9.17, 15) is 28.4 Å². The van der Waals surface area contributed by atoms with Gasteiger partial charge in [-0.2, -0.15) is 0 Å². The van der Waals surface area contributed by atoms with Crippen LogP contribution in [-0.2, 0) is 88.0 Å². The quantitative estimate of drug-likeness (QED) is 0.0168. The minimum Gasteiger partial charge on any atom is -0.756 e. The zero-order chi connectivity index (χ0) is 96.3. The number of hydrogen-bond acceptors (Lipinski definition) is 18. The summed E-state index contributed by atoms with van der Waals surface area (Å²) in [6.45, 7) is 22.3. The van der Waals surface area contributed by atoms with Crippen molar-refractivity contribution >= 4 is 72.7 Å². The molecule has 0 bridgehead atoms. The molecule has 3 atom stereocenters. The summed E-state index contributed by atoms with van der Waals surface area (Å²) in [5.74, 6) is 0. The first-order valence-corrected chi connectivity index (χ1v) is 57.5. The van der Waals surface area contributed by atoms with Crippen LogP contribution in [0.2, 0.25) is 0 Å². The molecule has 0 aliphatic carbocycles. The molecule has 6 rings (SSSR count). The standard InChI is InChI=1S/C34H63BNO6P.C30H56NO4P.C29H53INO4P.C10H20B2O4/c1-34(2)30-39-35(40-31-34)33-25-23-32(24-26-33)22-20-18-16-14-12-10-8-6-7-9-11-13-15-17-19-21-28-41-43(37,38)42-29-27-36(3,4)5;1-29-22-24-30(25-23-29)21-19-17-15-13-11-9-7-5-6-8-10-12-14-16-18-20-27-34-36(32,33)35-28-26-31(2,3)4;1-31(2,3)25-27-35-36(32,33)34-26-19-17-15-13-11-9-7-5-4-6-8-10-12-14-16-18-20-28-21-23-29(30)24-22-28;1-9(2)5-13-11(14-6-9)12-15-7-10(3,4)8-16-12/h23-26H,6-22,27-31H2,1-5H3;22-25H,5-21,26-28H2,1-4H3;21-24H,4-20,25-27H2,1-3H3;5-8H2,1-4H3. The van der Waals surface area contributed by atoms with Gasteiger partial charge in [0, 0.05) is 59.5 Å². The molecule has 0 aromatic heterocycles.